The molecule has 96 valence electrons. The van der Waals surface area contributed by atoms with E-state index < -0.39 is 0 Å². The van der Waals surface area contributed by atoms with Gasteiger partial charge in [-0.15, -0.1) is 0 Å². The molecule has 0 nitrogen and oxygen atoms in total. The minimum absolute atomic E-state index is 1.13. The van der Waals surface area contributed by atoms with Crippen molar-refractivity contribution in [1.29, 1.82) is 0 Å². The molecule has 2 rings (SSSR count). The first-order valence-corrected chi connectivity index (χ1v) is 6.82. The normalized spacial score (nSPS) is 21.4. The summed E-state index contributed by atoms with van der Waals surface area (Å²) in [5, 5.41) is 0. The molecule has 0 radical (unpaired) electrons. The van der Waals surface area contributed by atoms with E-state index in [2.05, 4.69) is 53.7 Å². The Kier molecular flexibility index (Phi) is 3.47. The van der Waals surface area contributed by atoms with E-state index in [0.717, 1.165) is 12.8 Å². The Morgan fingerprint density at radius 3 is 1.11 bits per heavy atom. The monoisotopic (exact) mass is 240 g/mol. The molecule has 0 aromatic rings. The van der Waals surface area contributed by atoms with Crippen LogP contribution in [0.4, 0.5) is 0 Å². The zero-order valence-electron chi connectivity index (χ0n) is 12.6. The average Bonchev–Trinajstić information content (AvgIpc) is 2.72. The van der Waals surface area contributed by atoms with Gasteiger partial charge in [0, 0.05) is 0 Å². The molecule has 0 spiro atoms. The fourth-order valence-corrected chi connectivity index (χ4v) is 2.79. The Labute approximate surface area is 111 Å². The second-order valence-electron chi connectivity index (χ2n) is 5.80. The molecule has 0 fully saturated rings. The van der Waals surface area contributed by atoms with E-state index in [1.165, 1.54) is 44.6 Å². The molecule has 0 saturated heterocycles. The molecule has 0 atom stereocenters. The lowest BCUT2D eigenvalue weighted by Gasteiger charge is -2.01. The minimum atomic E-state index is 1.13. The largest absolute Gasteiger partial charge is 0.0657 e. The number of hydrogen-bond acceptors (Lipinski definition) is 0. The summed E-state index contributed by atoms with van der Waals surface area (Å²) in [6.45, 7) is 13.5. The smallest absolute Gasteiger partial charge is 0.00613 e. The average molecular weight is 240 g/mol. The van der Waals surface area contributed by atoms with Crippen molar-refractivity contribution in [2.75, 3.05) is 0 Å². The van der Waals surface area contributed by atoms with Gasteiger partial charge in [0.25, 0.3) is 0 Å². The van der Waals surface area contributed by atoms with E-state index in [1.807, 2.05) is 0 Å². The zero-order valence-corrected chi connectivity index (χ0v) is 12.6. The summed E-state index contributed by atoms with van der Waals surface area (Å²) in [5.74, 6) is 0. The van der Waals surface area contributed by atoms with Crippen LogP contribution in [0.2, 0.25) is 0 Å². The first-order chi connectivity index (χ1) is 8.41. The Morgan fingerprint density at radius 1 is 0.556 bits per heavy atom. The summed E-state index contributed by atoms with van der Waals surface area (Å²) < 4.78 is 0. The summed E-state index contributed by atoms with van der Waals surface area (Å²) in [6, 6.07) is 0. The molecule has 2 aliphatic carbocycles. The van der Waals surface area contributed by atoms with E-state index in [0.29, 0.717) is 0 Å². The van der Waals surface area contributed by atoms with Gasteiger partial charge in [-0.25, -0.2) is 0 Å². The predicted octanol–water partition coefficient (Wildman–Crippen LogP) is 5.66. The second-order valence-corrected chi connectivity index (χ2v) is 5.80. The Hall–Kier alpha value is -1.30. The number of hydrogen-bond donors (Lipinski definition) is 0. The van der Waals surface area contributed by atoms with Crippen molar-refractivity contribution in [2.24, 2.45) is 0 Å². The van der Waals surface area contributed by atoms with Crippen molar-refractivity contribution in [3.63, 3.8) is 0 Å². The quantitative estimate of drug-likeness (QED) is 0.584. The van der Waals surface area contributed by atoms with Crippen LogP contribution in [0.5, 0.6) is 0 Å². The van der Waals surface area contributed by atoms with Crippen LogP contribution in [0.25, 0.3) is 0 Å². The third-order valence-electron chi connectivity index (χ3n) is 4.77. The van der Waals surface area contributed by atoms with Crippen molar-refractivity contribution < 1.29 is 0 Å². The molecule has 0 unspecified atom stereocenters. The van der Waals surface area contributed by atoms with Gasteiger partial charge in [0.15, 0.2) is 0 Å². The summed E-state index contributed by atoms with van der Waals surface area (Å²) in [4.78, 5) is 0. The van der Waals surface area contributed by atoms with Crippen LogP contribution >= 0.6 is 0 Å². The molecule has 0 aromatic heterocycles. The summed E-state index contributed by atoms with van der Waals surface area (Å²) >= 11 is 0. The van der Waals surface area contributed by atoms with Gasteiger partial charge in [-0.05, 0) is 87.8 Å². The number of allylic oxidation sites excluding steroid dienone is 10. The highest BCUT2D eigenvalue weighted by Gasteiger charge is 2.15. The van der Waals surface area contributed by atoms with E-state index in [-0.39, 0.29) is 0 Å². The van der Waals surface area contributed by atoms with Crippen molar-refractivity contribution >= 4 is 0 Å². The summed E-state index contributed by atoms with van der Waals surface area (Å²) in [6.07, 6.45) is 6.93. The fraction of sp³-hybridized carbons (Fsp3) is 0.444. The predicted molar refractivity (Wildman–Crippen MR) is 80.5 cm³/mol. The van der Waals surface area contributed by atoms with Crippen molar-refractivity contribution in [2.45, 2.75) is 54.4 Å². The highest BCUT2D eigenvalue weighted by molar-refractivity contribution is 5.53. The molecular weight excluding hydrogens is 216 g/mol. The van der Waals surface area contributed by atoms with Crippen molar-refractivity contribution in [3.8, 4) is 0 Å². The maximum atomic E-state index is 2.33. The van der Waals surface area contributed by atoms with E-state index in [1.54, 1.807) is 0 Å². The lowest BCUT2D eigenvalue weighted by molar-refractivity contribution is 1.16. The highest BCUT2D eigenvalue weighted by atomic mass is 14.2. The molecule has 0 amide bonds. The van der Waals surface area contributed by atoms with Gasteiger partial charge in [-0.3, -0.25) is 0 Å². The standard InChI is InChI=1S/C18H24/c1-11-9-17(15(5)13(11)3)7-8-18-10-12(2)14(4)16(18)6/h7-8H,9-10H2,1-6H3/b8-7+. The van der Waals surface area contributed by atoms with Gasteiger partial charge in [-0.2, -0.15) is 0 Å². The Morgan fingerprint density at radius 2 is 0.889 bits per heavy atom. The molecule has 0 heteroatoms. The lowest BCUT2D eigenvalue weighted by atomic mass is 10.0. The van der Waals surface area contributed by atoms with Gasteiger partial charge >= 0.3 is 0 Å². The molecule has 0 N–H and O–H groups in total. The molecule has 0 aromatic carbocycles. The Balaban J connectivity index is 2.17. The maximum absolute atomic E-state index is 2.33. The van der Waals surface area contributed by atoms with Gasteiger partial charge < -0.3 is 0 Å². The summed E-state index contributed by atoms with van der Waals surface area (Å²) in [7, 11) is 0. The van der Waals surface area contributed by atoms with Crippen LogP contribution in [0.15, 0.2) is 56.7 Å². The lowest BCUT2D eigenvalue weighted by Crippen LogP contribution is -1.81. The third kappa shape index (κ3) is 2.16. The van der Waals surface area contributed by atoms with Crippen LogP contribution in [-0.4, -0.2) is 0 Å². The topological polar surface area (TPSA) is 0 Å². The van der Waals surface area contributed by atoms with Crippen LogP contribution < -0.4 is 0 Å². The van der Waals surface area contributed by atoms with Gasteiger partial charge in [0.1, 0.15) is 0 Å². The van der Waals surface area contributed by atoms with Crippen LogP contribution in [-0.2, 0) is 0 Å². The van der Waals surface area contributed by atoms with Crippen LogP contribution in [0.1, 0.15) is 54.4 Å². The first kappa shape index (κ1) is 13.1. The van der Waals surface area contributed by atoms with E-state index in [9.17, 15) is 0 Å². The molecule has 0 bridgehead atoms. The highest BCUT2D eigenvalue weighted by Crippen LogP contribution is 2.35. The summed E-state index contributed by atoms with van der Waals surface area (Å²) in [5.41, 5.74) is 11.9. The van der Waals surface area contributed by atoms with Gasteiger partial charge in [-0.1, -0.05) is 23.3 Å². The third-order valence-corrected chi connectivity index (χ3v) is 4.77. The maximum Gasteiger partial charge on any atom is -0.00613 e. The van der Waals surface area contributed by atoms with Crippen LogP contribution in [0.3, 0.4) is 0 Å². The SMILES string of the molecule is CC1=C(C)C(C)=C(/C=C/C2=C(C)C(C)=C(C)C2)C1. The van der Waals surface area contributed by atoms with Gasteiger partial charge in [0.2, 0.25) is 0 Å². The molecule has 0 heterocycles. The van der Waals surface area contributed by atoms with E-state index >= 15 is 0 Å². The zero-order chi connectivity index (χ0) is 13.4. The minimum Gasteiger partial charge on any atom is -0.0657 e. The van der Waals surface area contributed by atoms with Crippen LogP contribution in [0, 0.1) is 0 Å². The van der Waals surface area contributed by atoms with Gasteiger partial charge in [0.05, 0.1) is 0 Å². The molecule has 0 aliphatic heterocycles. The van der Waals surface area contributed by atoms with E-state index in [4.69, 9.17) is 0 Å². The first-order valence-electron chi connectivity index (χ1n) is 6.82. The second kappa shape index (κ2) is 4.76. The molecular formula is C18H24. The van der Waals surface area contributed by atoms with Crippen molar-refractivity contribution in [3.05, 3.63) is 56.7 Å². The Bertz CT molecular complexity index is 493. The number of rotatable bonds is 2. The molecule has 2 aliphatic rings. The molecule has 0 saturated carbocycles. The fourth-order valence-electron chi connectivity index (χ4n) is 2.79. The van der Waals surface area contributed by atoms with Crippen molar-refractivity contribution in [1.82, 2.24) is 0 Å². The molecule has 18 heavy (non-hydrogen) atoms.